The molecule has 0 aliphatic carbocycles. The predicted molar refractivity (Wildman–Crippen MR) is 76.2 cm³/mol. The van der Waals surface area contributed by atoms with Crippen molar-refractivity contribution in [2.24, 2.45) is 0 Å². The number of benzene rings is 1. The van der Waals surface area contributed by atoms with Gasteiger partial charge in [0.1, 0.15) is 5.75 Å². The Hall–Kier alpha value is -1.39. The molecular weight excluding hydrogens is 268 g/mol. The first kappa shape index (κ1) is 13.1. The highest BCUT2D eigenvalue weighted by atomic mass is 35.5. The quantitative estimate of drug-likeness (QED) is 0.686. The van der Waals surface area contributed by atoms with E-state index in [1.54, 1.807) is 31.1 Å². The van der Waals surface area contributed by atoms with Gasteiger partial charge in [-0.3, -0.25) is 0 Å². The fourth-order valence-corrected chi connectivity index (χ4v) is 2.38. The van der Waals surface area contributed by atoms with Crippen molar-refractivity contribution >= 4 is 29.1 Å². The second-order valence-electron chi connectivity index (χ2n) is 3.72. The van der Waals surface area contributed by atoms with Crippen LogP contribution in [-0.2, 0) is 5.75 Å². The molecule has 0 saturated heterocycles. The summed E-state index contributed by atoms with van der Waals surface area (Å²) >= 11 is 7.41. The van der Waals surface area contributed by atoms with Crippen molar-refractivity contribution in [2.45, 2.75) is 10.8 Å². The first-order valence-corrected chi connectivity index (χ1v) is 6.71. The summed E-state index contributed by atoms with van der Waals surface area (Å²) in [5.74, 6) is 1.56. The standard InChI is InChI=1S/C13H13ClN2OS/c1-17-12-5-9(4-11(15)6-12)8-18-13-3-2-10(14)7-16-13/h2-7H,8,15H2,1H3. The van der Waals surface area contributed by atoms with Crippen molar-refractivity contribution in [3.8, 4) is 5.75 Å². The van der Waals surface area contributed by atoms with Gasteiger partial charge in [0.15, 0.2) is 0 Å². The Morgan fingerprint density at radius 2 is 2.17 bits per heavy atom. The van der Waals surface area contributed by atoms with Gasteiger partial charge in [-0.2, -0.15) is 0 Å². The van der Waals surface area contributed by atoms with Crippen molar-refractivity contribution < 1.29 is 4.74 Å². The molecule has 0 bridgehead atoms. The number of halogens is 1. The largest absolute Gasteiger partial charge is 0.497 e. The molecule has 1 aromatic heterocycles. The summed E-state index contributed by atoms with van der Waals surface area (Å²) < 4.78 is 5.18. The molecule has 0 amide bonds. The molecule has 0 unspecified atom stereocenters. The van der Waals surface area contributed by atoms with E-state index in [1.807, 2.05) is 24.3 Å². The first-order valence-electron chi connectivity index (χ1n) is 5.35. The highest BCUT2D eigenvalue weighted by Crippen LogP contribution is 2.25. The third-order valence-corrected chi connectivity index (χ3v) is 3.55. The number of nitrogens with two attached hydrogens (primary N) is 1. The van der Waals surface area contributed by atoms with Crippen LogP contribution in [0.3, 0.4) is 0 Å². The molecule has 0 radical (unpaired) electrons. The van der Waals surface area contributed by atoms with Gasteiger partial charge in [0.25, 0.3) is 0 Å². The number of hydrogen-bond acceptors (Lipinski definition) is 4. The zero-order valence-electron chi connectivity index (χ0n) is 9.89. The van der Waals surface area contributed by atoms with E-state index >= 15 is 0 Å². The number of nitrogen functional groups attached to an aromatic ring is 1. The lowest BCUT2D eigenvalue weighted by atomic mass is 10.2. The molecule has 5 heteroatoms. The van der Waals surface area contributed by atoms with Crippen LogP contribution < -0.4 is 10.5 Å². The Bertz CT molecular complexity index is 531. The minimum absolute atomic E-state index is 0.643. The summed E-state index contributed by atoms with van der Waals surface area (Å²) in [6.45, 7) is 0. The Balaban J connectivity index is 2.05. The van der Waals surface area contributed by atoms with Crippen LogP contribution in [0, 0.1) is 0 Å². The average molecular weight is 281 g/mol. The van der Waals surface area contributed by atoms with Crippen molar-refractivity contribution in [3.05, 3.63) is 47.1 Å². The summed E-state index contributed by atoms with van der Waals surface area (Å²) in [7, 11) is 1.63. The predicted octanol–water partition coefficient (Wildman–Crippen LogP) is 3.62. The zero-order valence-corrected chi connectivity index (χ0v) is 11.5. The van der Waals surface area contributed by atoms with E-state index in [-0.39, 0.29) is 0 Å². The molecule has 94 valence electrons. The fourth-order valence-electron chi connectivity index (χ4n) is 1.49. The van der Waals surface area contributed by atoms with E-state index in [2.05, 4.69) is 4.98 Å². The van der Waals surface area contributed by atoms with E-state index < -0.39 is 0 Å². The van der Waals surface area contributed by atoms with E-state index in [0.29, 0.717) is 10.7 Å². The fraction of sp³-hybridized carbons (Fsp3) is 0.154. The van der Waals surface area contributed by atoms with Crippen LogP contribution in [0.4, 0.5) is 5.69 Å². The number of anilines is 1. The minimum Gasteiger partial charge on any atom is -0.497 e. The van der Waals surface area contributed by atoms with Crippen LogP contribution in [0.15, 0.2) is 41.6 Å². The van der Waals surface area contributed by atoms with Crippen LogP contribution in [0.25, 0.3) is 0 Å². The summed E-state index contributed by atoms with van der Waals surface area (Å²) in [5.41, 5.74) is 7.61. The highest BCUT2D eigenvalue weighted by Gasteiger charge is 2.01. The van der Waals surface area contributed by atoms with Crippen molar-refractivity contribution in [1.29, 1.82) is 0 Å². The highest BCUT2D eigenvalue weighted by molar-refractivity contribution is 7.98. The molecule has 2 aromatic rings. The third-order valence-electron chi connectivity index (χ3n) is 2.31. The maximum atomic E-state index is 5.80. The van der Waals surface area contributed by atoms with Crippen LogP contribution in [0.2, 0.25) is 5.02 Å². The Kier molecular flexibility index (Phi) is 4.33. The number of rotatable bonds is 4. The van der Waals surface area contributed by atoms with E-state index in [0.717, 1.165) is 22.1 Å². The third kappa shape index (κ3) is 3.55. The first-order chi connectivity index (χ1) is 8.67. The maximum absolute atomic E-state index is 5.80. The molecule has 1 aromatic carbocycles. The van der Waals surface area contributed by atoms with Crippen molar-refractivity contribution in [2.75, 3.05) is 12.8 Å². The van der Waals surface area contributed by atoms with E-state index in [9.17, 15) is 0 Å². The van der Waals surface area contributed by atoms with Gasteiger partial charge in [0.2, 0.25) is 0 Å². The van der Waals surface area contributed by atoms with Gasteiger partial charge in [-0.1, -0.05) is 11.6 Å². The van der Waals surface area contributed by atoms with Gasteiger partial charge in [-0.15, -0.1) is 11.8 Å². The molecule has 2 rings (SSSR count). The summed E-state index contributed by atoms with van der Waals surface area (Å²) in [4.78, 5) is 4.23. The second-order valence-corrected chi connectivity index (χ2v) is 5.15. The summed E-state index contributed by atoms with van der Waals surface area (Å²) in [6.07, 6.45) is 1.64. The normalized spacial score (nSPS) is 10.3. The number of thioether (sulfide) groups is 1. The van der Waals surface area contributed by atoms with Gasteiger partial charge >= 0.3 is 0 Å². The minimum atomic E-state index is 0.643. The molecule has 0 aliphatic heterocycles. The lowest BCUT2D eigenvalue weighted by Gasteiger charge is -2.06. The zero-order chi connectivity index (χ0) is 13.0. The van der Waals surface area contributed by atoms with Crippen LogP contribution in [0.1, 0.15) is 5.56 Å². The molecular formula is C13H13ClN2OS. The molecule has 18 heavy (non-hydrogen) atoms. The number of ether oxygens (including phenoxy) is 1. The number of hydrogen-bond donors (Lipinski definition) is 1. The van der Waals surface area contributed by atoms with Crippen LogP contribution >= 0.6 is 23.4 Å². The molecule has 2 N–H and O–H groups in total. The van der Waals surface area contributed by atoms with Crippen molar-refractivity contribution in [3.63, 3.8) is 0 Å². The molecule has 0 saturated carbocycles. The Morgan fingerprint density at radius 1 is 1.33 bits per heavy atom. The Morgan fingerprint density at radius 3 is 2.83 bits per heavy atom. The van der Waals surface area contributed by atoms with Gasteiger partial charge in [0.05, 0.1) is 17.2 Å². The number of nitrogens with zero attached hydrogens (tertiary/aromatic N) is 1. The molecule has 0 atom stereocenters. The summed E-state index contributed by atoms with van der Waals surface area (Å²) in [5, 5.41) is 1.57. The molecule has 0 spiro atoms. The lowest BCUT2D eigenvalue weighted by Crippen LogP contribution is -1.91. The van der Waals surface area contributed by atoms with Gasteiger partial charge in [-0.05, 0) is 29.8 Å². The SMILES string of the molecule is COc1cc(N)cc(CSc2ccc(Cl)cn2)c1. The Labute approximate surface area is 115 Å². The van der Waals surface area contributed by atoms with Gasteiger partial charge in [-0.25, -0.2) is 4.98 Å². The average Bonchev–Trinajstić information content (AvgIpc) is 2.37. The molecule has 0 fully saturated rings. The van der Waals surface area contributed by atoms with E-state index in [1.165, 1.54) is 0 Å². The van der Waals surface area contributed by atoms with Gasteiger partial charge in [0, 0.05) is 23.7 Å². The van der Waals surface area contributed by atoms with Crippen LogP contribution in [0.5, 0.6) is 5.75 Å². The topological polar surface area (TPSA) is 48.1 Å². The second kappa shape index (κ2) is 5.98. The lowest BCUT2D eigenvalue weighted by molar-refractivity contribution is 0.414. The molecule has 1 heterocycles. The number of aromatic nitrogens is 1. The van der Waals surface area contributed by atoms with E-state index in [4.69, 9.17) is 22.1 Å². The van der Waals surface area contributed by atoms with Gasteiger partial charge < -0.3 is 10.5 Å². The van der Waals surface area contributed by atoms with Crippen LogP contribution in [-0.4, -0.2) is 12.1 Å². The van der Waals surface area contributed by atoms with Crippen molar-refractivity contribution in [1.82, 2.24) is 4.98 Å². The smallest absolute Gasteiger partial charge is 0.121 e. The number of methoxy groups -OCH3 is 1. The molecule has 3 nitrogen and oxygen atoms in total. The maximum Gasteiger partial charge on any atom is 0.121 e. The number of pyridine rings is 1. The monoisotopic (exact) mass is 280 g/mol. The molecule has 0 aliphatic rings. The summed E-state index contributed by atoms with van der Waals surface area (Å²) in [6, 6.07) is 9.44.